The Labute approximate surface area is 167 Å². The Hall–Kier alpha value is -2.64. The molecule has 0 bridgehead atoms. The van der Waals surface area contributed by atoms with Crippen LogP contribution in [0.1, 0.15) is 12.7 Å². The van der Waals surface area contributed by atoms with Crippen molar-refractivity contribution < 1.29 is 14.3 Å². The number of imidazole rings is 1. The number of rotatable bonds is 5. The number of ether oxygens (including phenoxy) is 2. The molecule has 1 N–H and O–H groups in total. The monoisotopic (exact) mass is 400 g/mol. The lowest BCUT2D eigenvalue weighted by Crippen LogP contribution is -2.36. The van der Waals surface area contributed by atoms with Crippen molar-refractivity contribution in [1.29, 1.82) is 0 Å². The van der Waals surface area contributed by atoms with Crippen LogP contribution in [-0.2, 0) is 20.7 Å². The topological polar surface area (TPSA) is 80.3 Å². The molecule has 0 unspecified atom stereocenters. The van der Waals surface area contributed by atoms with Gasteiger partial charge in [-0.25, -0.2) is 9.97 Å². The van der Waals surface area contributed by atoms with E-state index < -0.39 is 0 Å². The van der Waals surface area contributed by atoms with Gasteiger partial charge in [-0.05, 0) is 25.1 Å². The Morgan fingerprint density at radius 2 is 2.00 bits per heavy atom. The van der Waals surface area contributed by atoms with Crippen molar-refractivity contribution in [3.8, 4) is 11.3 Å². The standard InChI is InChI=1S/C20H21ClN4O3/c1-2-28-18(26)12-17-22-16-11-15(21)19(24-20(16)23-17)13-3-5-14(6-4-13)25-7-9-27-10-8-25/h3-6,11H,2,7-10,12H2,1H3,(H,22,23,24). The summed E-state index contributed by atoms with van der Waals surface area (Å²) < 4.78 is 10.4. The zero-order valence-electron chi connectivity index (χ0n) is 15.6. The van der Waals surface area contributed by atoms with Crippen LogP contribution in [-0.4, -0.2) is 53.8 Å². The Kier molecular flexibility index (Phi) is 5.45. The highest BCUT2D eigenvalue weighted by atomic mass is 35.5. The van der Waals surface area contributed by atoms with E-state index in [0.717, 1.165) is 37.6 Å². The molecular formula is C20H21ClN4O3. The van der Waals surface area contributed by atoms with Gasteiger partial charge in [0, 0.05) is 24.3 Å². The van der Waals surface area contributed by atoms with E-state index in [0.29, 0.717) is 34.3 Å². The predicted octanol–water partition coefficient (Wildman–Crippen LogP) is 3.22. The zero-order valence-corrected chi connectivity index (χ0v) is 16.3. The molecule has 28 heavy (non-hydrogen) atoms. The minimum absolute atomic E-state index is 0.0748. The number of esters is 1. The molecule has 7 nitrogen and oxygen atoms in total. The number of carbonyl (C=O) groups is 1. The average Bonchev–Trinajstić information content (AvgIpc) is 3.09. The summed E-state index contributed by atoms with van der Waals surface area (Å²) in [6.45, 7) is 5.39. The number of hydrogen-bond acceptors (Lipinski definition) is 6. The third-order valence-electron chi connectivity index (χ3n) is 4.61. The van der Waals surface area contributed by atoms with E-state index >= 15 is 0 Å². The Morgan fingerprint density at radius 3 is 2.71 bits per heavy atom. The number of hydrogen-bond donors (Lipinski definition) is 1. The fourth-order valence-electron chi connectivity index (χ4n) is 3.25. The first-order chi connectivity index (χ1) is 13.6. The molecule has 0 atom stereocenters. The van der Waals surface area contributed by atoms with Gasteiger partial charge in [0.2, 0.25) is 0 Å². The van der Waals surface area contributed by atoms with E-state index in [-0.39, 0.29) is 12.4 Å². The van der Waals surface area contributed by atoms with E-state index in [1.54, 1.807) is 13.0 Å². The fraction of sp³-hybridized carbons (Fsp3) is 0.350. The van der Waals surface area contributed by atoms with Gasteiger partial charge in [0.15, 0.2) is 5.65 Å². The van der Waals surface area contributed by atoms with Gasteiger partial charge in [-0.3, -0.25) is 4.79 Å². The number of carbonyl (C=O) groups excluding carboxylic acids is 1. The third kappa shape index (κ3) is 3.95. The Morgan fingerprint density at radius 1 is 1.25 bits per heavy atom. The Bertz CT molecular complexity index is 981. The van der Waals surface area contributed by atoms with Crippen molar-refractivity contribution in [1.82, 2.24) is 15.0 Å². The summed E-state index contributed by atoms with van der Waals surface area (Å²) in [5.74, 6) is 0.184. The number of benzene rings is 1. The number of aromatic amines is 1. The maximum atomic E-state index is 11.7. The molecule has 146 valence electrons. The molecule has 1 aliphatic heterocycles. The highest BCUT2D eigenvalue weighted by molar-refractivity contribution is 6.33. The molecule has 3 aromatic rings. The molecule has 0 spiro atoms. The van der Waals surface area contributed by atoms with E-state index in [2.05, 4.69) is 32.0 Å². The lowest BCUT2D eigenvalue weighted by Gasteiger charge is -2.28. The largest absolute Gasteiger partial charge is 0.466 e. The second-order valence-corrected chi connectivity index (χ2v) is 6.91. The minimum atomic E-state index is -0.327. The van der Waals surface area contributed by atoms with Crippen molar-refractivity contribution in [3.05, 3.63) is 41.2 Å². The van der Waals surface area contributed by atoms with Crippen LogP contribution in [0, 0.1) is 0 Å². The van der Waals surface area contributed by atoms with Crippen LogP contribution in [0.15, 0.2) is 30.3 Å². The fourth-order valence-corrected chi connectivity index (χ4v) is 3.51. The maximum absolute atomic E-state index is 11.7. The summed E-state index contributed by atoms with van der Waals surface area (Å²) in [6, 6.07) is 9.95. The average molecular weight is 401 g/mol. The summed E-state index contributed by atoms with van der Waals surface area (Å²) in [5.41, 5.74) is 3.95. The van der Waals surface area contributed by atoms with Gasteiger partial charge >= 0.3 is 5.97 Å². The van der Waals surface area contributed by atoms with Crippen LogP contribution in [0.5, 0.6) is 0 Å². The van der Waals surface area contributed by atoms with Gasteiger partial charge in [-0.15, -0.1) is 0 Å². The molecule has 3 heterocycles. The molecule has 4 rings (SSSR count). The molecule has 1 saturated heterocycles. The van der Waals surface area contributed by atoms with Crippen LogP contribution in [0.25, 0.3) is 22.4 Å². The number of halogens is 1. The molecule has 1 aromatic carbocycles. The molecular weight excluding hydrogens is 380 g/mol. The number of anilines is 1. The van der Waals surface area contributed by atoms with Crippen LogP contribution < -0.4 is 4.90 Å². The number of aromatic nitrogens is 3. The van der Waals surface area contributed by atoms with Crippen LogP contribution in [0.3, 0.4) is 0 Å². The van der Waals surface area contributed by atoms with Crippen LogP contribution >= 0.6 is 11.6 Å². The first kappa shape index (κ1) is 18.7. The van der Waals surface area contributed by atoms with Gasteiger partial charge in [0.05, 0.1) is 36.1 Å². The van der Waals surface area contributed by atoms with E-state index in [1.807, 2.05) is 12.1 Å². The maximum Gasteiger partial charge on any atom is 0.313 e. The first-order valence-corrected chi connectivity index (χ1v) is 9.65. The molecule has 1 aliphatic rings. The lowest BCUT2D eigenvalue weighted by molar-refractivity contribution is -0.142. The van der Waals surface area contributed by atoms with Crippen molar-refractivity contribution in [2.45, 2.75) is 13.3 Å². The normalized spacial score (nSPS) is 14.4. The summed E-state index contributed by atoms with van der Waals surface area (Å²) in [7, 11) is 0. The minimum Gasteiger partial charge on any atom is -0.466 e. The summed E-state index contributed by atoms with van der Waals surface area (Å²) in [5, 5.41) is 0.526. The van der Waals surface area contributed by atoms with Crippen molar-refractivity contribution in [2.75, 3.05) is 37.8 Å². The van der Waals surface area contributed by atoms with Crippen molar-refractivity contribution in [2.24, 2.45) is 0 Å². The van der Waals surface area contributed by atoms with E-state index in [1.165, 1.54) is 0 Å². The Balaban J connectivity index is 1.59. The lowest BCUT2D eigenvalue weighted by atomic mass is 10.1. The van der Waals surface area contributed by atoms with Gasteiger partial charge < -0.3 is 19.4 Å². The number of pyridine rings is 1. The molecule has 8 heteroatoms. The molecule has 0 aliphatic carbocycles. The second-order valence-electron chi connectivity index (χ2n) is 6.50. The smallest absolute Gasteiger partial charge is 0.313 e. The highest BCUT2D eigenvalue weighted by Crippen LogP contribution is 2.30. The van der Waals surface area contributed by atoms with E-state index in [9.17, 15) is 4.79 Å². The number of fused-ring (bicyclic) bond motifs is 1. The molecule has 1 fully saturated rings. The third-order valence-corrected chi connectivity index (χ3v) is 4.90. The molecule has 0 radical (unpaired) electrons. The van der Waals surface area contributed by atoms with E-state index in [4.69, 9.17) is 21.1 Å². The van der Waals surface area contributed by atoms with Crippen molar-refractivity contribution in [3.63, 3.8) is 0 Å². The quantitative estimate of drug-likeness (QED) is 0.662. The molecule has 0 saturated carbocycles. The number of nitrogens with zero attached hydrogens (tertiary/aromatic N) is 3. The number of nitrogens with one attached hydrogen (secondary N) is 1. The summed E-state index contributed by atoms with van der Waals surface area (Å²) in [4.78, 5) is 26.0. The molecule has 0 amide bonds. The van der Waals surface area contributed by atoms with Gasteiger partial charge in [-0.1, -0.05) is 23.7 Å². The zero-order chi connectivity index (χ0) is 19.5. The van der Waals surface area contributed by atoms with Gasteiger partial charge in [-0.2, -0.15) is 0 Å². The number of H-pyrrole nitrogens is 1. The van der Waals surface area contributed by atoms with Crippen LogP contribution in [0.2, 0.25) is 5.02 Å². The second kappa shape index (κ2) is 8.16. The highest BCUT2D eigenvalue weighted by Gasteiger charge is 2.15. The summed E-state index contributed by atoms with van der Waals surface area (Å²) >= 11 is 6.46. The van der Waals surface area contributed by atoms with Crippen molar-refractivity contribution >= 4 is 34.4 Å². The van der Waals surface area contributed by atoms with Gasteiger partial charge in [0.1, 0.15) is 12.2 Å². The SMILES string of the molecule is CCOC(=O)Cc1nc2nc(-c3ccc(N4CCOCC4)cc3)c(Cl)cc2[nH]1. The van der Waals surface area contributed by atoms with Crippen LogP contribution in [0.4, 0.5) is 5.69 Å². The summed E-state index contributed by atoms with van der Waals surface area (Å²) in [6.07, 6.45) is 0.0748. The van der Waals surface area contributed by atoms with Gasteiger partial charge in [0.25, 0.3) is 0 Å². The first-order valence-electron chi connectivity index (χ1n) is 9.28. The number of morpholine rings is 1. The predicted molar refractivity (Wildman–Crippen MR) is 108 cm³/mol. The molecule has 2 aromatic heterocycles.